The Morgan fingerprint density at radius 3 is 3.00 bits per heavy atom. The van der Waals surface area contributed by atoms with Crippen molar-refractivity contribution in [1.29, 1.82) is 0 Å². The standard InChI is InChI=1S/C11H19N3O/c1-10(2)8-12-5-3-7-14-9-13-6-4-11(14)15/h4,6,9-10,12H,3,5,7-8H2,1-2H3. The molecule has 1 heterocycles. The number of nitrogens with one attached hydrogen (secondary N) is 1. The van der Waals surface area contributed by atoms with Crippen molar-refractivity contribution in [2.45, 2.75) is 26.8 Å². The lowest BCUT2D eigenvalue weighted by Crippen LogP contribution is -2.24. The molecule has 0 saturated carbocycles. The van der Waals surface area contributed by atoms with Crippen LogP contribution in [0, 0.1) is 5.92 Å². The molecule has 1 N–H and O–H groups in total. The zero-order chi connectivity index (χ0) is 11.1. The monoisotopic (exact) mass is 209 g/mol. The first-order chi connectivity index (χ1) is 7.20. The summed E-state index contributed by atoms with van der Waals surface area (Å²) in [4.78, 5) is 15.2. The smallest absolute Gasteiger partial charge is 0.253 e. The maximum Gasteiger partial charge on any atom is 0.253 e. The SMILES string of the molecule is CC(C)CNCCCn1cnccc1=O. The number of hydrogen-bond donors (Lipinski definition) is 1. The summed E-state index contributed by atoms with van der Waals surface area (Å²) in [6.45, 7) is 7.07. The molecule has 0 spiro atoms. The van der Waals surface area contributed by atoms with Crippen molar-refractivity contribution in [2.24, 2.45) is 5.92 Å². The van der Waals surface area contributed by atoms with Crippen LogP contribution in [0.3, 0.4) is 0 Å². The number of aryl methyl sites for hydroxylation is 1. The molecule has 0 aliphatic rings. The summed E-state index contributed by atoms with van der Waals surface area (Å²) >= 11 is 0. The molecule has 1 aromatic rings. The lowest BCUT2D eigenvalue weighted by Gasteiger charge is -2.07. The largest absolute Gasteiger partial charge is 0.316 e. The number of aromatic nitrogens is 2. The number of hydrogen-bond acceptors (Lipinski definition) is 3. The summed E-state index contributed by atoms with van der Waals surface area (Å²) in [7, 11) is 0. The van der Waals surface area contributed by atoms with Crippen LogP contribution in [0.25, 0.3) is 0 Å². The van der Waals surface area contributed by atoms with Crippen LogP contribution < -0.4 is 10.9 Å². The summed E-state index contributed by atoms with van der Waals surface area (Å²) in [5, 5.41) is 3.34. The fourth-order valence-electron chi connectivity index (χ4n) is 1.31. The Kier molecular flexibility index (Phi) is 5.04. The van der Waals surface area contributed by atoms with E-state index in [1.54, 1.807) is 10.9 Å². The van der Waals surface area contributed by atoms with E-state index in [-0.39, 0.29) is 5.56 Å². The fourth-order valence-corrected chi connectivity index (χ4v) is 1.31. The molecule has 0 aliphatic carbocycles. The molecule has 15 heavy (non-hydrogen) atoms. The van der Waals surface area contributed by atoms with Gasteiger partial charge in [-0.05, 0) is 25.4 Å². The summed E-state index contributed by atoms with van der Waals surface area (Å²) in [6, 6.07) is 1.49. The van der Waals surface area contributed by atoms with Crippen LogP contribution in [0.5, 0.6) is 0 Å². The first kappa shape index (κ1) is 11.9. The third-order valence-corrected chi connectivity index (χ3v) is 2.10. The van der Waals surface area contributed by atoms with E-state index in [1.165, 1.54) is 12.3 Å². The minimum Gasteiger partial charge on any atom is -0.316 e. The highest BCUT2D eigenvalue weighted by Crippen LogP contribution is 1.88. The van der Waals surface area contributed by atoms with Gasteiger partial charge in [-0.15, -0.1) is 0 Å². The highest BCUT2D eigenvalue weighted by atomic mass is 16.1. The second-order valence-electron chi connectivity index (χ2n) is 4.06. The third-order valence-electron chi connectivity index (χ3n) is 2.10. The Morgan fingerprint density at radius 1 is 1.53 bits per heavy atom. The van der Waals surface area contributed by atoms with E-state index >= 15 is 0 Å². The lowest BCUT2D eigenvalue weighted by molar-refractivity contribution is 0.516. The Morgan fingerprint density at radius 2 is 2.33 bits per heavy atom. The van der Waals surface area contributed by atoms with Crippen LogP contribution in [0.15, 0.2) is 23.4 Å². The zero-order valence-corrected chi connectivity index (χ0v) is 9.44. The molecule has 0 radical (unpaired) electrons. The van der Waals surface area contributed by atoms with Gasteiger partial charge in [-0.25, -0.2) is 4.98 Å². The molecule has 4 nitrogen and oxygen atoms in total. The van der Waals surface area contributed by atoms with Gasteiger partial charge in [0.15, 0.2) is 0 Å². The number of rotatable bonds is 6. The van der Waals surface area contributed by atoms with Crippen LogP contribution in [-0.4, -0.2) is 22.6 Å². The summed E-state index contributed by atoms with van der Waals surface area (Å²) < 4.78 is 1.64. The topological polar surface area (TPSA) is 46.9 Å². The van der Waals surface area contributed by atoms with Gasteiger partial charge in [0.25, 0.3) is 5.56 Å². The van der Waals surface area contributed by atoms with Crippen molar-refractivity contribution < 1.29 is 0 Å². The molecule has 1 rings (SSSR count). The van der Waals surface area contributed by atoms with E-state index in [1.807, 2.05) is 0 Å². The van der Waals surface area contributed by atoms with E-state index in [0.29, 0.717) is 5.92 Å². The molecule has 0 unspecified atom stereocenters. The molecular formula is C11H19N3O. The van der Waals surface area contributed by atoms with Gasteiger partial charge in [0, 0.05) is 18.8 Å². The second-order valence-corrected chi connectivity index (χ2v) is 4.06. The van der Waals surface area contributed by atoms with Crippen LogP contribution >= 0.6 is 0 Å². The fraction of sp³-hybridized carbons (Fsp3) is 0.636. The van der Waals surface area contributed by atoms with Crippen molar-refractivity contribution in [3.63, 3.8) is 0 Å². The molecule has 1 aromatic heterocycles. The van der Waals surface area contributed by atoms with E-state index in [4.69, 9.17) is 0 Å². The van der Waals surface area contributed by atoms with Crippen LogP contribution in [-0.2, 0) is 6.54 Å². The van der Waals surface area contributed by atoms with Crippen molar-refractivity contribution in [3.05, 3.63) is 28.9 Å². The van der Waals surface area contributed by atoms with Crippen LogP contribution in [0.4, 0.5) is 0 Å². The Labute approximate surface area is 90.3 Å². The van der Waals surface area contributed by atoms with Crippen molar-refractivity contribution in [3.8, 4) is 0 Å². The highest BCUT2D eigenvalue weighted by molar-refractivity contribution is 4.81. The minimum absolute atomic E-state index is 0.0221. The lowest BCUT2D eigenvalue weighted by atomic mass is 10.2. The molecule has 0 atom stereocenters. The molecule has 0 aliphatic heterocycles. The number of nitrogens with zero attached hydrogens (tertiary/aromatic N) is 2. The predicted molar refractivity (Wildman–Crippen MR) is 60.8 cm³/mol. The molecule has 0 aromatic carbocycles. The van der Waals surface area contributed by atoms with Crippen molar-refractivity contribution >= 4 is 0 Å². The highest BCUT2D eigenvalue weighted by Gasteiger charge is 1.95. The Bertz CT molecular complexity index is 333. The van der Waals surface area contributed by atoms with Crippen LogP contribution in [0.2, 0.25) is 0 Å². The minimum atomic E-state index is 0.0221. The van der Waals surface area contributed by atoms with Gasteiger partial charge in [-0.2, -0.15) is 0 Å². The van der Waals surface area contributed by atoms with Gasteiger partial charge in [-0.3, -0.25) is 9.36 Å². The van der Waals surface area contributed by atoms with Gasteiger partial charge in [0.1, 0.15) is 0 Å². The maximum atomic E-state index is 11.3. The van der Waals surface area contributed by atoms with E-state index in [0.717, 1.165) is 26.1 Å². The molecule has 0 amide bonds. The molecule has 84 valence electrons. The van der Waals surface area contributed by atoms with Crippen molar-refractivity contribution in [2.75, 3.05) is 13.1 Å². The molecule has 0 fully saturated rings. The van der Waals surface area contributed by atoms with E-state index in [2.05, 4.69) is 24.1 Å². The third kappa shape index (κ3) is 4.74. The normalized spacial score (nSPS) is 10.9. The van der Waals surface area contributed by atoms with Gasteiger partial charge < -0.3 is 5.32 Å². The Balaban J connectivity index is 2.21. The van der Waals surface area contributed by atoms with Gasteiger partial charge in [0.2, 0.25) is 0 Å². The van der Waals surface area contributed by atoms with E-state index < -0.39 is 0 Å². The molecule has 4 heteroatoms. The van der Waals surface area contributed by atoms with Crippen molar-refractivity contribution in [1.82, 2.24) is 14.9 Å². The Hall–Kier alpha value is -1.16. The molecule has 0 bridgehead atoms. The first-order valence-corrected chi connectivity index (χ1v) is 5.41. The first-order valence-electron chi connectivity index (χ1n) is 5.41. The average Bonchev–Trinajstić information content (AvgIpc) is 2.20. The predicted octanol–water partition coefficient (Wildman–Crippen LogP) is 0.879. The second kappa shape index (κ2) is 6.35. The van der Waals surface area contributed by atoms with Crippen LogP contribution in [0.1, 0.15) is 20.3 Å². The quantitative estimate of drug-likeness (QED) is 0.707. The maximum absolute atomic E-state index is 11.3. The van der Waals surface area contributed by atoms with E-state index in [9.17, 15) is 4.79 Å². The summed E-state index contributed by atoms with van der Waals surface area (Å²) in [5.41, 5.74) is 0.0221. The summed E-state index contributed by atoms with van der Waals surface area (Å²) in [5.74, 6) is 0.672. The van der Waals surface area contributed by atoms with Gasteiger partial charge >= 0.3 is 0 Å². The average molecular weight is 209 g/mol. The zero-order valence-electron chi connectivity index (χ0n) is 9.44. The molecule has 0 saturated heterocycles. The summed E-state index contributed by atoms with van der Waals surface area (Å²) in [6.07, 6.45) is 4.07. The van der Waals surface area contributed by atoms with Gasteiger partial charge in [-0.1, -0.05) is 13.8 Å². The molecular weight excluding hydrogens is 190 g/mol. The van der Waals surface area contributed by atoms with Gasteiger partial charge in [0.05, 0.1) is 6.33 Å².